The Kier molecular flexibility index (Phi) is 2.81. The molecular formula is C8H13N3S. The number of aryl methyl sites for hydroxylation is 1. The molecule has 0 amide bonds. The maximum absolute atomic E-state index is 5.45. The third-order valence-electron chi connectivity index (χ3n) is 1.83. The third-order valence-corrected chi connectivity index (χ3v) is 2.00. The summed E-state index contributed by atoms with van der Waals surface area (Å²) in [5.74, 6) is 0.999. The minimum Gasteiger partial charge on any atom is -0.393 e. The van der Waals surface area contributed by atoms with Crippen LogP contribution in [0.3, 0.4) is 0 Å². The Morgan fingerprint density at radius 2 is 2.50 bits per heavy atom. The van der Waals surface area contributed by atoms with Crippen molar-refractivity contribution in [1.82, 2.24) is 9.55 Å². The molecule has 0 radical (unpaired) electrons. The first-order valence-electron chi connectivity index (χ1n) is 3.89. The molecule has 0 spiro atoms. The Hall–Kier alpha value is -0.900. The fraction of sp³-hybridized carbons (Fsp3) is 0.500. The summed E-state index contributed by atoms with van der Waals surface area (Å²) in [5.41, 5.74) is 5.45. The van der Waals surface area contributed by atoms with Gasteiger partial charge in [-0.05, 0) is 13.8 Å². The lowest BCUT2D eigenvalue weighted by molar-refractivity contribution is 0.553. The molecule has 1 unspecified atom stereocenters. The van der Waals surface area contributed by atoms with Gasteiger partial charge in [0, 0.05) is 24.9 Å². The molecule has 4 heteroatoms. The smallest absolute Gasteiger partial charge is 0.105 e. The van der Waals surface area contributed by atoms with Gasteiger partial charge in [-0.3, -0.25) is 0 Å². The van der Waals surface area contributed by atoms with Gasteiger partial charge in [-0.1, -0.05) is 12.2 Å². The Bertz CT molecular complexity index is 280. The number of imidazole rings is 1. The van der Waals surface area contributed by atoms with Crippen LogP contribution < -0.4 is 5.73 Å². The summed E-state index contributed by atoms with van der Waals surface area (Å²) in [4.78, 5) is 4.68. The van der Waals surface area contributed by atoms with Gasteiger partial charge < -0.3 is 10.3 Å². The number of aromatic nitrogens is 2. The zero-order valence-electron chi connectivity index (χ0n) is 7.32. The Morgan fingerprint density at radius 1 is 1.83 bits per heavy atom. The molecule has 0 aliphatic rings. The molecule has 1 aromatic heterocycles. The largest absolute Gasteiger partial charge is 0.393 e. The predicted octanol–water partition coefficient (Wildman–Crippen LogP) is 1.43. The first-order valence-corrected chi connectivity index (χ1v) is 4.30. The van der Waals surface area contributed by atoms with Crippen molar-refractivity contribution >= 4 is 17.2 Å². The van der Waals surface area contributed by atoms with Gasteiger partial charge in [-0.2, -0.15) is 0 Å². The fourth-order valence-electron chi connectivity index (χ4n) is 1.24. The topological polar surface area (TPSA) is 43.8 Å². The summed E-state index contributed by atoms with van der Waals surface area (Å²) in [6.45, 7) is 4.05. The molecule has 0 fully saturated rings. The maximum Gasteiger partial charge on any atom is 0.105 e. The predicted molar refractivity (Wildman–Crippen MR) is 53.1 cm³/mol. The van der Waals surface area contributed by atoms with E-state index in [1.807, 2.05) is 13.1 Å². The van der Waals surface area contributed by atoms with E-state index in [1.165, 1.54) is 0 Å². The van der Waals surface area contributed by atoms with Crippen LogP contribution in [-0.2, 0) is 0 Å². The zero-order valence-corrected chi connectivity index (χ0v) is 8.14. The van der Waals surface area contributed by atoms with Gasteiger partial charge in [-0.15, -0.1) is 0 Å². The summed E-state index contributed by atoms with van der Waals surface area (Å²) in [7, 11) is 0. The lowest BCUT2D eigenvalue weighted by atomic mass is 10.2. The van der Waals surface area contributed by atoms with Gasteiger partial charge in [0.15, 0.2) is 0 Å². The van der Waals surface area contributed by atoms with Gasteiger partial charge in [-0.25, -0.2) is 4.98 Å². The second kappa shape index (κ2) is 3.67. The van der Waals surface area contributed by atoms with Gasteiger partial charge >= 0.3 is 0 Å². The average Bonchev–Trinajstić information content (AvgIpc) is 2.33. The van der Waals surface area contributed by atoms with E-state index in [-0.39, 0.29) is 0 Å². The van der Waals surface area contributed by atoms with Crippen LogP contribution in [0.4, 0.5) is 0 Å². The molecule has 0 saturated carbocycles. The van der Waals surface area contributed by atoms with Crippen molar-refractivity contribution in [2.24, 2.45) is 5.73 Å². The minimum atomic E-state index is 0.310. The molecule has 12 heavy (non-hydrogen) atoms. The van der Waals surface area contributed by atoms with Crippen LogP contribution >= 0.6 is 12.2 Å². The van der Waals surface area contributed by atoms with E-state index in [4.69, 9.17) is 18.0 Å². The van der Waals surface area contributed by atoms with E-state index >= 15 is 0 Å². The van der Waals surface area contributed by atoms with Crippen molar-refractivity contribution in [1.29, 1.82) is 0 Å². The molecule has 3 nitrogen and oxygen atoms in total. The molecule has 0 bridgehead atoms. The van der Waals surface area contributed by atoms with Crippen molar-refractivity contribution in [2.45, 2.75) is 26.3 Å². The number of nitrogens with two attached hydrogens (primary N) is 1. The fourth-order valence-corrected chi connectivity index (χ4v) is 1.48. The van der Waals surface area contributed by atoms with Gasteiger partial charge in [0.25, 0.3) is 0 Å². The molecule has 66 valence electrons. The van der Waals surface area contributed by atoms with Gasteiger partial charge in [0.05, 0.1) is 4.99 Å². The SMILES string of the molecule is Cc1nccn1C(C)CC(N)=S. The standard InChI is InChI=1S/C8H13N3S/c1-6(5-8(9)12)11-4-3-10-7(11)2/h3-4,6H,5H2,1-2H3,(H2,9,12). The molecule has 1 aromatic rings. The molecule has 1 atom stereocenters. The number of nitrogens with zero attached hydrogens (tertiary/aromatic N) is 2. The molecular weight excluding hydrogens is 170 g/mol. The first-order chi connectivity index (χ1) is 5.61. The van der Waals surface area contributed by atoms with Crippen LogP contribution in [-0.4, -0.2) is 14.5 Å². The summed E-state index contributed by atoms with van der Waals surface area (Å²) >= 11 is 4.83. The Morgan fingerprint density at radius 3 is 2.92 bits per heavy atom. The van der Waals surface area contributed by atoms with E-state index in [2.05, 4.69) is 16.5 Å². The van der Waals surface area contributed by atoms with Gasteiger partial charge in [0.1, 0.15) is 5.82 Å². The summed E-state index contributed by atoms with van der Waals surface area (Å²) in [6.07, 6.45) is 4.45. The van der Waals surface area contributed by atoms with Crippen molar-refractivity contribution in [3.63, 3.8) is 0 Å². The maximum atomic E-state index is 5.45. The number of thiocarbonyl (C=S) groups is 1. The van der Waals surface area contributed by atoms with Crippen molar-refractivity contribution in [2.75, 3.05) is 0 Å². The monoisotopic (exact) mass is 183 g/mol. The molecule has 1 heterocycles. The second-order valence-corrected chi connectivity index (χ2v) is 3.43. The highest BCUT2D eigenvalue weighted by Gasteiger charge is 2.07. The zero-order chi connectivity index (χ0) is 9.14. The minimum absolute atomic E-state index is 0.310. The number of hydrogen-bond acceptors (Lipinski definition) is 2. The highest BCUT2D eigenvalue weighted by molar-refractivity contribution is 7.80. The van der Waals surface area contributed by atoms with E-state index in [9.17, 15) is 0 Å². The van der Waals surface area contributed by atoms with Crippen molar-refractivity contribution in [3.8, 4) is 0 Å². The summed E-state index contributed by atoms with van der Waals surface area (Å²) < 4.78 is 2.07. The highest BCUT2D eigenvalue weighted by atomic mass is 32.1. The second-order valence-electron chi connectivity index (χ2n) is 2.90. The van der Waals surface area contributed by atoms with Crippen LogP contribution in [0.1, 0.15) is 25.2 Å². The normalized spacial score (nSPS) is 12.8. The van der Waals surface area contributed by atoms with Crippen LogP contribution in [0.15, 0.2) is 12.4 Å². The molecule has 0 aliphatic heterocycles. The molecule has 1 rings (SSSR count). The Balaban J connectivity index is 2.71. The molecule has 2 N–H and O–H groups in total. The van der Waals surface area contributed by atoms with E-state index in [0.717, 1.165) is 12.2 Å². The van der Waals surface area contributed by atoms with Crippen molar-refractivity contribution < 1.29 is 0 Å². The molecule has 0 aromatic carbocycles. The van der Waals surface area contributed by atoms with Crippen LogP contribution in [0.5, 0.6) is 0 Å². The molecule has 0 saturated heterocycles. The van der Waals surface area contributed by atoms with E-state index in [1.54, 1.807) is 6.20 Å². The quantitative estimate of drug-likeness (QED) is 0.721. The highest BCUT2D eigenvalue weighted by Crippen LogP contribution is 2.11. The summed E-state index contributed by atoms with van der Waals surface area (Å²) in [6, 6.07) is 0.310. The van der Waals surface area contributed by atoms with E-state index < -0.39 is 0 Å². The number of rotatable bonds is 3. The third kappa shape index (κ3) is 2.04. The lowest BCUT2D eigenvalue weighted by Crippen LogP contribution is -2.16. The average molecular weight is 183 g/mol. The van der Waals surface area contributed by atoms with Crippen LogP contribution in [0.25, 0.3) is 0 Å². The molecule has 0 aliphatic carbocycles. The van der Waals surface area contributed by atoms with Crippen LogP contribution in [0.2, 0.25) is 0 Å². The van der Waals surface area contributed by atoms with Gasteiger partial charge in [0.2, 0.25) is 0 Å². The van der Waals surface area contributed by atoms with Crippen LogP contribution in [0, 0.1) is 6.92 Å². The first kappa shape index (κ1) is 9.19. The van der Waals surface area contributed by atoms with Crippen molar-refractivity contribution in [3.05, 3.63) is 18.2 Å². The lowest BCUT2D eigenvalue weighted by Gasteiger charge is -2.13. The van der Waals surface area contributed by atoms with E-state index in [0.29, 0.717) is 11.0 Å². The number of hydrogen-bond donors (Lipinski definition) is 1. The Labute approximate surface area is 77.6 Å². The summed E-state index contributed by atoms with van der Waals surface area (Å²) in [5, 5.41) is 0.